The monoisotopic (exact) mass is 396 g/mol. The van der Waals surface area contributed by atoms with Gasteiger partial charge in [0.15, 0.2) is 0 Å². The summed E-state index contributed by atoms with van der Waals surface area (Å²) in [6.07, 6.45) is 5.92. The van der Waals surface area contributed by atoms with Gasteiger partial charge in [0.05, 0.1) is 19.8 Å². The topological polar surface area (TPSA) is 33.7 Å². The average Bonchev–Trinajstić information content (AvgIpc) is 2.79. The van der Waals surface area contributed by atoms with Crippen LogP contribution in [0.3, 0.4) is 0 Å². The van der Waals surface area contributed by atoms with Crippen molar-refractivity contribution >= 4 is 5.69 Å². The molecule has 0 amide bonds. The predicted molar refractivity (Wildman–Crippen MR) is 121 cm³/mol. The summed E-state index contributed by atoms with van der Waals surface area (Å²) in [7, 11) is 0. The fourth-order valence-electron chi connectivity index (χ4n) is 3.62. The highest BCUT2D eigenvalue weighted by atomic mass is 16.5. The molecule has 0 bridgehead atoms. The van der Waals surface area contributed by atoms with E-state index in [0.717, 1.165) is 65.4 Å². The minimum Gasteiger partial charge on any atom is -0.381 e. The second-order valence-electron chi connectivity index (χ2n) is 7.70. The molecule has 0 radical (unpaired) electrons. The van der Waals surface area contributed by atoms with Gasteiger partial charge in [-0.05, 0) is 49.1 Å². The first-order valence-electron chi connectivity index (χ1n) is 11.2. The molecule has 3 rings (SSSR count). The van der Waals surface area contributed by atoms with Gasteiger partial charge in [0, 0.05) is 31.9 Å². The standard InChI is InChI=1S/C25H36N2O2/c1(6-15-26-22-24-8-4-3-5-9-24)2-7-18-28-19-14-23-10-12-25(13-11-23)27-16-20-29-21-17-27/h3-5,8-13,26H,1-2,6-7,14-22H2. The van der Waals surface area contributed by atoms with Gasteiger partial charge < -0.3 is 19.7 Å². The Morgan fingerprint density at radius 3 is 2.34 bits per heavy atom. The van der Waals surface area contributed by atoms with E-state index in [1.165, 1.54) is 36.1 Å². The maximum absolute atomic E-state index is 5.83. The van der Waals surface area contributed by atoms with Gasteiger partial charge in [0.1, 0.15) is 0 Å². The molecule has 2 aromatic carbocycles. The summed E-state index contributed by atoms with van der Waals surface area (Å²) in [5.74, 6) is 0. The van der Waals surface area contributed by atoms with E-state index in [-0.39, 0.29) is 0 Å². The Morgan fingerprint density at radius 1 is 0.793 bits per heavy atom. The number of benzene rings is 2. The molecule has 0 unspecified atom stereocenters. The second kappa shape index (κ2) is 13.4. The van der Waals surface area contributed by atoms with Crippen molar-refractivity contribution in [3.05, 3.63) is 65.7 Å². The van der Waals surface area contributed by atoms with E-state index in [1.807, 2.05) is 0 Å². The van der Waals surface area contributed by atoms with Gasteiger partial charge in [-0.2, -0.15) is 0 Å². The zero-order valence-electron chi connectivity index (χ0n) is 17.7. The molecule has 2 aromatic rings. The van der Waals surface area contributed by atoms with Gasteiger partial charge >= 0.3 is 0 Å². The molecule has 158 valence electrons. The number of anilines is 1. The molecule has 4 heteroatoms. The van der Waals surface area contributed by atoms with Crippen LogP contribution in [0.4, 0.5) is 5.69 Å². The van der Waals surface area contributed by atoms with E-state index >= 15 is 0 Å². The van der Waals surface area contributed by atoms with Crippen molar-refractivity contribution in [3.8, 4) is 0 Å². The Hall–Kier alpha value is -1.88. The number of unbranched alkanes of at least 4 members (excludes halogenated alkanes) is 3. The highest BCUT2D eigenvalue weighted by Crippen LogP contribution is 2.17. The van der Waals surface area contributed by atoms with Gasteiger partial charge in [-0.25, -0.2) is 0 Å². The first-order valence-corrected chi connectivity index (χ1v) is 11.2. The fraction of sp³-hybridized carbons (Fsp3) is 0.520. The fourth-order valence-corrected chi connectivity index (χ4v) is 3.62. The molecule has 1 aliphatic rings. The number of morpholine rings is 1. The number of rotatable bonds is 13. The summed E-state index contributed by atoms with van der Waals surface area (Å²) in [6.45, 7) is 7.41. The molecule has 0 aromatic heterocycles. The van der Waals surface area contributed by atoms with Crippen molar-refractivity contribution < 1.29 is 9.47 Å². The molecule has 0 aliphatic carbocycles. The molecule has 1 saturated heterocycles. The van der Waals surface area contributed by atoms with Gasteiger partial charge in [-0.1, -0.05) is 55.3 Å². The van der Waals surface area contributed by atoms with Crippen LogP contribution in [0.5, 0.6) is 0 Å². The zero-order chi connectivity index (χ0) is 20.0. The number of nitrogens with zero attached hydrogens (tertiary/aromatic N) is 1. The van der Waals surface area contributed by atoms with E-state index in [9.17, 15) is 0 Å². The SMILES string of the molecule is c1ccc(CNCCCCCCOCCc2ccc(N3CCOCC3)cc2)cc1. The lowest BCUT2D eigenvalue weighted by Crippen LogP contribution is -2.36. The highest BCUT2D eigenvalue weighted by molar-refractivity contribution is 5.47. The second-order valence-corrected chi connectivity index (χ2v) is 7.70. The Labute approximate surface area is 176 Å². The zero-order valence-corrected chi connectivity index (χ0v) is 17.7. The molecular weight excluding hydrogens is 360 g/mol. The summed E-state index contributed by atoms with van der Waals surface area (Å²) in [5.41, 5.74) is 4.01. The molecule has 0 saturated carbocycles. The lowest BCUT2D eigenvalue weighted by atomic mass is 10.1. The number of hydrogen-bond acceptors (Lipinski definition) is 4. The molecule has 4 nitrogen and oxygen atoms in total. The number of nitrogens with one attached hydrogen (secondary N) is 1. The van der Waals surface area contributed by atoms with Crippen LogP contribution in [-0.4, -0.2) is 46.1 Å². The van der Waals surface area contributed by atoms with Crippen molar-refractivity contribution in [3.63, 3.8) is 0 Å². The minimum atomic E-state index is 0.815. The molecule has 0 atom stereocenters. The molecule has 29 heavy (non-hydrogen) atoms. The summed E-state index contributed by atoms with van der Waals surface area (Å²) < 4.78 is 11.2. The van der Waals surface area contributed by atoms with Crippen LogP contribution in [-0.2, 0) is 22.4 Å². The van der Waals surface area contributed by atoms with E-state index < -0.39 is 0 Å². The van der Waals surface area contributed by atoms with Gasteiger partial charge in [-0.15, -0.1) is 0 Å². The van der Waals surface area contributed by atoms with E-state index in [1.54, 1.807) is 0 Å². The lowest BCUT2D eigenvalue weighted by molar-refractivity contribution is 0.122. The van der Waals surface area contributed by atoms with Crippen LogP contribution < -0.4 is 10.2 Å². The van der Waals surface area contributed by atoms with Crippen LogP contribution in [0.15, 0.2) is 54.6 Å². The number of hydrogen-bond donors (Lipinski definition) is 1. The van der Waals surface area contributed by atoms with Crippen molar-refractivity contribution in [1.29, 1.82) is 0 Å². The normalized spacial score (nSPS) is 14.3. The maximum Gasteiger partial charge on any atom is 0.0642 e. The van der Waals surface area contributed by atoms with Gasteiger partial charge in [0.25, 0.3) is 0 Å². The minimum absolute atomic E-state index is 0.815. The number of ether oxygens (including phenoxy) is 2. The first kappa shape index (κ1) is 21.8. The van der Waals surface area contributed by atoms with Crippen LogP contribution in [0, 0.1) is 0 Å². The Bertz CT molecular complexity index is 654. The van der Waals surface area contributed by atoms with E-state index in [0.29, 0.717) is 0 Å². The quantitative estimate of drug-likeness (QED) is 0.508. The van der Waals surface area contributed by atoms with E-state index in [4.69, 9.17) is 9.47 Å². The summed E-state index contributed by atoms with van der Waals surface area (Å²) >= 11 is 0. The third kappa shape index (κ3) is 8.57. The summed E-state index contributed by atoms with van der Waals surface area (Å²) in [5, 5.41) is 3.52. The van der Waals surface area contributed by atoms with Crippen LogP contribution in [0.25, 0.3) is 0 Å². The Kier molecular flexibility index (Phi) is 10.1. The molecular formula is C25H36N2O2. The molecule has 1 aliphatic heterocycles. The van der Waals surface area contributed by atoms with E-state index in [2.05, 4.69) is 64.8 Å². The highest BCUT2D eigenvalue weighted by Gasteiger charge is 2.10. The van der Waals surface area contributed by atoms with Crippen molar-refractivity contribution in [1.82, 2.24) is 5.32 Å². The molecule has 1 heterocycles. The average molecular weight is 397 g/mol. The summed E-state index contributed by atoms with van der Waals surface area (Å²) in [6, 6.07) is 19.5. The molecule has 1 fully saturated rings. The van der Waals surface area contributed by atoms with Crippen LogP contribution in [0.1, 0.15) is 36.8 Å². The van der Waals surface area contributed by atoms with Crippen molar-refractivity contribution in [2.24, 2.45) is 0 Å². The Morgan fingerprint density at radius 2 is 1.55 bits per heavy atom. The van der Waals surface area contributed by atoms with Crippen LogP contribution >= 0.6 is 0 Å². The van der Waals surface area contributed by atoms with Gasteiger partial charge in [0.2, 0.25) is 0 Å². The first-order chi connectivity index (χ1) is 14.4. The molecule has 1 N–H and O–H groups in total. The van der Waals surface area contributed by atoms with Crippen LogP contribution in [0.2, 0.25) is 0 Å². The van der Waals surface area contributed by atoms with Crippen molar-refractivity contribution in [2.45, 2.75) is 38.6 Å². The predicted octanol–water partition coefficient (Wildman–Crippen LogP) is 4.43. The lowest BCUT2D eigenvalue weighted by Gasteiger charge is -2.28. The Balaban J connectivity index is 1.14. The summed E-state index contributed by atoms with van der Waals surface area (Å²) in [4.78, 5) is 2.39. The van der Waals surface area contributed by atoms with Crippen molar-refractivity contribution in [2.75, 3.05) is 51.0 Å². The third-order valence-corrected chi connectivity index (χ3v) is 5.41. The molecule has 0 spiro atoms. The largest absolute Gasteiger partial charge is 0.381 e. The maximum atomic E-state index is 5.83. The third-order valence-electron chi connectivity index (χ3n) is 5.41. The smallest absolute Gasteiger partial charge is 0.0642 e. The van der Waals surface area contributed by atoms with Gasteiger partial charge in [-0.3, -0.25) is 0 Å².